The van der Waals surface area contributed by atoms with Gasteiger partial charge in [-0.3, -0.25) is 48.2 Å². The molecule has 1 aliphatic heterocycles. The molecule has 0 fully saturated rings. The Hall–Kier alpha value is -9.12. The van der Waals surface area contributed by atoms with Gasteiger partial charge in [-0.2, -0.15) is 13.2 Å². The number of aliphatic carboxylic acids is 1. The standard InChI is InChI=1S/C55H70F2N12O10.C2HF3O2/c1-33(2)48(53(78)69(42(50(59)76)12-9-23-63-54(60)79)37-16-13-34(14-17-37)28-44(72)61-25-27-67-45(73)19-20-46(67)74)65-43(71)21-24-62-52(77)40(58)22-26-68(47(75)32-70)49(55(3,4)5)51-64-41(38-29-36(56)15-18-39(38)57)31-66(51)30-35-10-7-6-8-11-35;3-2(4,5)1(6)7/h6-8,10-11,13-20,29,31,33,40,42,48-49,70H,9,12,21-28,30,32,58H2,1-5H3,(H2,59,76)(H,61,72)(H,62,77)(H,65,71)(H3,60,63,79);(H,6,7)/t40-,42-,48-,49-;/m0./s1. The van der Waals surface area contributed by atoms with Crippen LogP contribution in [0.5, 0.6) is 0 Å². The van der Waals surface area contributed by atoms with Crippen LogP contribution in [0.3, 0.4) is 0 Å². The second-order valence-electron chi connectivity index (χ2n) is 21.2. The number of primary amides is 2. The van der Waals surface area contributed by atoms with Gasteiger partial charge in [0.25, 0.3) is 17.7 Å². The molecule has 24 nitrogen and oxygen atoms in total. The molecule has 29 heteroatoms. The maximum atomic E-state index is 15.2. The Bertz CT molecular complexity index is 3080. The van der Waals surface area contributed by atoms with E-state index in [9.17, 15) is 65.8 Å². The highest BCUT2D eigenvalue weighted by molar-refractivity contribution is 6.13. The first-order valence-electron chi connectivity index (χ1n) is 27.0. The SMILES string of the molecule is CC(C)[C@H](NC(=O)CCNC(=O)[C@@H](N)CCN(C(=O)CO)[C@@H](c1nc(-c2cc(F)ccc2F)cn1Cc1ccccc1)C(C)(C)C)C(=O)N(c1ccc(CC(=O)NCCN2C(=O)C=CC2=O)cc1)[C@@H](CCCNC(N)=O)C(N)=O.O=C(O)C(F)(F)F. The van der Waals surface area contributed by atoms with Crippen molar-refractivity contribution in [3.05, 3.63) is 120 Å². The molecule has 0 bridgehead atoms. The topological polar surface area (TPSA) is 365 Å². The maximum Gasteiger partial charge on any atom is 0.490 e. The number of carbonyl (C=O) groups is 10. The largest absolute Gasteiger partial charge is 0.490 e. The third-order valence-electron chi connectivity index (χ3n) is 13.2. The summed E-state index contributed by atoms with van der Waals surface area (Å²) >= 11 is 0. The first-order chi connectivity index (χ1) is 40.3. The number of aliphatic hydroxyl groups excluding tert-OH is 1. The van der Waals surface area contributed by atoms with Crippen LogP contribution in [-0.2, 0) is 56.1 Å². The van der Waals surface area contributed by atoms with Gasteiger partial charge in [0.1, 0.15) is 36.1 Å². The number of benzene rings is 3. The van der Waals surface area contributed by atoms with Gasteiger partial charge in [-0.25, -0.2) is 23.4 Å². The predicted octanol–water partition coefficient (Wildman–Crippen LogP) is 2.70. The minimum absolute atomic E-state index is 0.0125. The molecule has 10 amide bonds. The molecule has 0 aliphatic carbocycles. The highest BCUT2D eigenvalue weighted by atomic mass is 19.4. The Morgan fingerprint density at radius 1 is 0.791 bits per heavy atom. The highest BCUT2D eigenvalue weighted by Gasteiger charge is 2.40. The first-order valence-corrected chi connectivity index (χ1v) is 27.0. The van der Waals surface area contributed by atoms with Gasteiger partial charge in [0.2, 0.25) is 29.5 Å². The molecule has 86 heavy (non-hydrogen) atoms. The van der Waals surface area contributed by atoms with Gasteiger partial charge >= 0.3 is 18.2 Å². The minimum Gasteiger partial charge on any atom is -0.475 e. The lowest BCUT2D eigenvalue weighted by molar-refractivity contribution is -0.192. The molecule has 1 aliphatic rings. The normalized spacial score (nSPS) is 13.6. The summed E-state index contributed by atoms with van der Waals surface area (Å²) < 4.78 is 63.1. The van der Waals surface area contributed by atoms with Crippen LogP contribution < -0.4 is 43.4 Å². The number of aliphatic hydroxyl groups is 1. The third kappa shape index (κ3) is 20.6. The molecule has 4 aromatic rings. The van der Waals surface area contributed by atoms with Gasteiger partial charge in [0.15, 0.2) is 0 Å². The fourth-order valence-electron chi connectivity index (χ4n) is 8.96. The molecule has 0 spiro atoms. The first kappa shape index (κ1) is 69.4. The van der Waals surface area contributed by atoms with E-state index in [1.807, 2.05) is 51.1 Å². The molecule has 2 heterocycles. The lowest BCUT2D eigenvalue weighted by Crippen LogP contribution is -2.57. The average Bonchev–Trinajstić information content (AvgIpc) is 1.74. The number of imide groups is 1. The van der Waals surface area contributed by atoms with Crippen LogP contribution in [0.15, 0.2) is 91.1 Å². The summed E-state index contributed by atoms with van der Waals surface area (Å²) in [6.07, 6.45) is -1.68. The summed E-state index contributed by atoms with van der Waals surface area (Å²) in [6, 6.07) is 12.9. The van der Waals surface area contributed by atoms with Crippen LogP contribution in [0.1, 0.15) is 83.3 Å². The zero-order valence-electron chi connectivity index (χ0n) is 47.9. The number of aromatic nitrogens is 2. The molecular formula is C57H71F5N12O12. The van der Waals surface area contributed by atoms with Crippen LogP contribution in [0, 0.1) is 23.0 Å². The minimum atomic E-state index is -5.08. The molecule has 0 unspecified atom stereocenters. The van der Waals surface area contributed by atoms with Crippen LogP contribution >= 0.6 is 0 Å². The number of halogens is 5. The number of rotatable bonds is 28. The Morgan fingerprint density at radius 2 is 1.42 bits per heavy atom. The van der Waals surface area contributed by atoms with Crippen molar-refractivity contribution < 1.29 is 80.1 Å². The molecule has 4 atom stereocenters. The summed E-state index contributed by atoms with van der Waals surface area (Å²) in [6.45, 7) is 7.81. The Kier molecular flexibility index (Phi) is 25.6. The number of alkyl halides is 3. The fraction of sp³-hybridized carbons (Fsp3) is 0.421. The average molecular weight is 1210 g/mol. The van der Waals surface area contributed by atoms with Gasteiger partial charge in [-0.15, -0.1) is 0 Å². The van der Waals surface area contributed by atoms with Crippen LogP contribution in [-0.4, -0.2) is 152 Å². The summed E-state index contributed by atoms with van der Waals surface area (Å²) in [5, 5.41) is 27.8. The summed E-state index contributed by atoms with van der Waals surface area (Å²) in [5.41, 5.74) is 18.2. The monoisotopic (exact) mass is 1210 g/mol. The molecule has 12 N–H and O–H groups in total. The number of hydrogen-bond acceptors (Lipinski definition) is 13. The Balaban J connectivity index is 0.00000212. The lowest BCUT2D eigenvalue weighted by atomic mass is 9.84. The Labute approximate surface area is 491 Å². The van der Waals surface area contributed by atoms with E-state index >= 15 is 4.39 Å². The number of imidazole rings is 1. The molecule has 466 valence electrons. The number of amides is 10. The van der Waals surface area contributed by atoms with Gasteiger partial charge in [0.05, 0.1) is 24.2 Å². The van der Waals surface area contributed by atoms with E-state index in [1.165, 1.54) is 17.0 Å². The van der Waals surface area contributed by atoms with E-state index in [2.05, 4.69) is 21.3 Å². The third-order valence-corrected chi connectivity index (χ3v) is 13.2. The number of hydrogen-bond donors (Lipinski definition) is 9. The Morgan fingerprint density at radius 3 is 1.98 bits per heavy atom. The molecule has 0 radical (unpaired) electrons. The maximum absolute atomic E-state index is 15.2. The van der Waals surface area contributed by atoms with E-state index in [-0.39, 0.29) is 88.3 Å². The second kappa shape index (κ2) is 31.7. The smallest absolute Gasteiger partial charge is 0.475 e. The van der Waals surface area contributed by atoms with Crippen LogP contribution in [0.25, 0.3) is 11.3 Å². The van der Waals surface area contributed by atoms with Crippen molar-refractivity contribution in [1.29, 1.82) is 0 Å². The number of carbonyl (C=O) groups excluding carboxylic acids is 9. The predicted molar refractivity (Wildman–Crippen MR) is 301 cm³/mol. The fourth-order valence-corrected chi connectivity index (χ4v) is 8.96. The van der Waals surface area contributed by atoms with Crippen molar-refractivity contribution in [2.75, 3.05) is 44.2 Å². The van der Waals surface area contributed by atoms with Crippen molar-refractivity contribution in [3.8, 4) is 11.3 Å². The van der Waals surface area contributed by atoms with Crippen molar-refractivity contribution >= 4 is 64.9 Å². The number of nitrogens with one attached hydrogen (secondary N) is 4. The number of carboxylic acid groups (broad SMARTS) is 1. The van der Waals surface area contributed by atoms with E-state index in [0.717, 1.165) is 45.7 Å². The van der Waals surface area contributed by atoms with E-state index in [0.29, 0.717) is 11.4 Å². The summed E-state index contributed by atoms with van der Waals surface area (Å²) in [5.74, 6) is -9.48. The number of anilines is 1. The molecule has 1 aromatic heterocycles. The van der Waals surface area contributed by atoms with E-state index < -0.39 is 119 Å². The molecular weight excluding hydrogens is 1140 g/mol. The van der Waals surface area contributed by atoms with E-state index in [4.69, 9.17) is 32.1 Å². The van der Waals surface area contributed by atoms with Gasteiger partial charge in [-0.05, 0) is 72.1 Å². The number of urea groups is 1. The van der Waals surface area contributed by atoms with Crippen LogP contribution in [0.2, 0.25) is 0 Å². The van der Waals surface area contributed by atoms with Crippen LogP contribution in [0.4, 0.5) is 32.4 Å². The number of nitrogens with two attached hydrogens (primary N) is 3. The highest BCUT2D eigenvalue weighted by Crippen LogP contribution is 2.40. The lowest BCUT2D eigenvalue weighted by Gasteiger charge is -2.40. The molecule has 5 rings (SSSR count). The number of carboxylic acids is 1. The zero-order valence-corrected chi connectivity index (χ0v) is 47.9. The quantitative estimate of drug-likeness (QED) is 0.0224. The van der Waals surface area contributed by atoms with Crippen molar-refractivity contribution in [1.82, 2.24) is 40.6 Å². The summed E-state index contributed by atoms with van der Waals surface area (Å²) in [7, 11) is 0. The number of nitrogens with zero attached hydrogens (tertiary/aromatic N) is 5. The van der Waals surface area contributed by atoms with E-state index in [1.54, 1.807) is 36.7 Å². The molecule has 3 aromatic carbocycles. The second-order valence-corrected chi connectivity index (χ2v) is 21.2. The van der Waals surface area contributed by atoms with Gasteiger partial charge in [0, 0.05) is 75.3 Å². The van der Waals surface area contributed by atoms with Crippen molar-refractivity contribution in [2.45, 2.75) is 104 Å². The summed E-state index contributed by atoms with van der Waals surface area (Å²) in [4.78, 5) is 133. The molecule has 0 saturated heterocycles. The van der Waals surface area contributed by atoms with Crippen molar-refractivity contribution in [3.63, 3.8) is 0 Å². The molecule has 0 saturated carbocycles. The zero-order chi connectivity index (χ0) is 64.2. The van der Waals surface area contributed by atoms with Gasteiger partial charge < -0.3 is 58.1 Å². The van der Waals surface area contributed by atoms with Gasteiger partial charge in [-0.1, -0.05) is 77.1 Å². The van der Waals surface area contributed by atoms with Crippen molar-refractivity contribution in [2.24, 2.45) is 28.5 Å².